The van der Waals surface area contributed by atoms with E-state index in [1.165, 1.54) is 97.2 Å². The van der Waals surface area contributed by atoms with Gasteiger partial charge in [-0.3, -0.25) is 91.3 Å². The van der Waals surface area contributed by atoms with Gasteiger partial charge in [-0.1, -0.05) is 151 Å². The maximum absolute atomic E-state index is 15.0. The third-order valence-corrected chi connectivity index (χ3v) is 27.1. The molecule has 2 aromatic rings. The molecule has 2 rings (SSSR count). The van der Waals surface area contributed by atoms with E-state index >= 15 is 4.79 Å². The number of Topliss-reactive ketones (excluding diaryl/α,β-unsaturated/α-hetero) is 8. The fraction of sp³-hybridized carbons (Fsp3) is 0.760. The molecule has 2 heterocycles. The molecule has 18 atom stereocenters. The lowest BCUT2D eigenvalue weighted by atomic mass is 9.86. The molecule has 0 spiro atoms. The van der Waals surface area contributed by atoms with Crippen LogP contribution in [0.2, 0.25) is 0 Å². The number of nitrogens with two attached hydrogens (primary N) is 8. The number of aromatic nitrogens is 4. The average Bonchev–Trinajstić information content (AvgIpc) is 1.55. The zero-order valence-corrected chi connectivity index (χ0v) is 88.7. The summed E-state index contributed by atoms with van der Waals surface area (Å²) < 4.78 is 0. The maximum atomic E-state index is 15.0. The van der Waals surface area contributed by atoms with Crippen molar-refractivity contribution in [3.63, 3.8) is 0 Å². The van der Waals surface area contributed by atoms with Crippen LogP contribution in [0.4, 0.5) is 0 Å². The van der Waals surface area contributed by atoms with Crippen molar-refractivity contribution in [3.8, 4) is 0 Å². The Bertz CT molecular complexity index is 4300. The minimum Gasteiger partial charge on any atom is -0.394 e. The van der Waals surface area contributed by atoms with Crippen molar-refractivity contribution in [2.75, 3.05) is 45.9 Å². The van der Waals surface area contributed by atoms with Crippen LogP contribution in [0.3, 0.4) is 0 Å². The maximum Gasteiger partial charge on any atom is 0.240 e. The number of hydrogen-bond donors (Lipinski definition) is 21. The second-order valence-corrected chi connectivity index (χ2v) is 40.5. The minimum absolute atomic E-state index is 0.000445. The largest absolute Gasteiger partial charge is 0.394 e. The highest BCUT2D eigenvalue weighted by molar-refractivity contribution is 6.01. The Morgan fingerprint density at radius 2 is 0.774 bits per heavy atom. The number of aromatic amines is 2. The summed E-state index contributed by atoms with van der Waals surface area (Å²) in [6.07, 6.45) is 16.4. The van der Waals surface area contributed by atoms with Gasteiger partial charge in [0.2, 0.25) is 59.1 Å². The van der Waals surface area contributed by atoms with E-state index in [1.807, 2.05) is 6.92 Å². The zero-order valence-electron chi connectivity index (χ0n) is 88.7. The van der Waals surface area contributed by atoms with Crippen LogP contribution >= 0.6 is 0 Å². The molecule has 0 aliphatic rings. The van der Waals surface area contributed by atoms with Gasteiger partial charge in [-0.05, 0) is 155 Å². The number of nitrogens with zero attached hydrogens (tertiary/aromatic N) is 3. The minimum atomic E-state index is -1.63. The van der Waals surface area contributed by atoms with Crippen molar-refractivity contribution in [2.45, 2.75) is 393 Å². The number of nitrogens with one attached hydrogen (secondary N) is 10. The molecule has 0 radical (unpaired) electrons. The van der Waals surface area contributed by atoms with Crippen molar-refractivity contribution >= 4 is 111 Å². The van der Waals surface area contributed by atoms with E-state index in [0.717, 1.165) is 25.7 Å². The highest BCUT2D eigenvalue weighted by Gasteiger charge is 2.41. The number of imidazole rings is 2. The number of aliphatic imine (C=N–C) groups is 1. The van der Waals surface area contributed by atoms with Gasteiger partial charge in [0.25, 0.3) is 0 Å². The first-order valence-electron chi connectivity index (χ1n) is 53.4. The average molecular weight is 2060 g/mol. The molecule has 2 aromatic heterocycles. The molecular formula is C104H181N21O21. The van der Waals surface area contributed by atoms with Crippen LogP contribution in [-0.4, -0.2) is 247 Å². The summed E-state index contributed by atoms with van der Waals surface area (Å²) in [4.78, 5) is 273. The normalized spacial score (nSPS) is 15.2. The van der Waals surface area contributed by atoms with Crippen LogP contribution in [0.1, 0.15) is 337 Å². The van der Waals surface area contributed by atoms with E-state index in [0.29, 0.717) is 69.2 Å². The van der Waals surface area contributed by atoms with Crippen molar-refractivity contribution in [3.05, 3.63) is 36.4 Å². The summed E-state index contributed by atoms with van der Waals surface area (Å²) in [6, 6.07) is -9.66. The molecule has 0 aliphatic heterocycles. The monoisotopic (exact) mass is 2060 g/mol. The molecule has 146 heavy (non-hydrogen) atoms. The van der Waals surface area contributed by atoms with Gasteiger partial charge in [-0.25, -0.2) is 9.97 Å². The summed E-state index contributed by atoms with van der Waals surface area (Å²) in [7, 11) is 0. The fourth-order valence-corrected chi connectivity index (χ4v) is 17.8. The summed E-state index contributed by atoms with van der Waals surface area (Å²) in [5, 5.41) is 54.0. The molecule has 42 nitrogen and oxygen atoms in total. The number of carbonyl (C=O) groups is 18. The molecule has 0 unspecified atom stereocenters. The third-order valence-electron chi connectivity index (χ3n) is 27.1. The van der Waals surface area contributed by atoms with Gasteiger partial charge >= 0.3 is 0 Å². The summed E-state index contributed by atoms with van der Waals surface area (Å²) >= 11 is 0. The van der Waals surface area contributed by atoms with Gasteiger partial charge in [-0.15, -0.1) is 0 Å². The Morgan fingerprint density at radius 3 is 1.20 bits per heavy atom. The number of H-pyrrole nitrogens is 2. The first-order chi connectivity index (χ1) is 69.4. The Morgan fingerprint density at radius 1 is 0.377 bits per heavy atom. The molecule has 42 heteroatoms. The molecule has 828 valence electrons. The number of carbonyl (C=O) groups excluding carboxylic acids is 18. The number of hydrogen-bond acceptors (Lipinski definition) is 28. The molecule has 0 bridgehead atoms. The van der Waals surface area contributed by atoms with Crippen LogP contribution in [0.5, 0.6) is 0 Å². The van der Waals surface area contributed by atoms with E-state index < -0.39 is 272 Å². The van der Waals surface area contributed by atoms with Crippen molar-refractivity contribution in [1.29, 1.82) is 0 Å². The number of ketones is 8. The van der Waals surface area contributed by atoms with E-state index in [1.54, 1.807) is 34.6 Å². The lowest BCUT2D eigenvalue weighted by molar-refractivity contribution is -0.139. The van der Waals surface area contributed by atoms with Gasteiger partial charge < -0.3 is 114 Å². The smallest absolute Gasteiger partial charge is 0.240 e. The number of aliphatic hydroxyl groups is 3. The number of unbranched alkanes of at least 4 members (excludes halogenated alkanes) is 16. The highest BCUT2D eigenvalue weighted by atomic mass is 16.3. The molecule has 0 saturated carbocycles. The summed E-state index contributed by atoms with van der Waals surface area (Å²) in [5.74, 6) is -23.6. The number of guanidine groups is 1. The van der Waals surface area contributed by atoms with Gasteiger partial charge in [-0.2, -0.15) is 0 Å². The van der Waals surface area contributed by atoms with E-state index in [9.17, 15) is 96.8 Å². The summed E-state index contributed by atoms with van der Waals surface area (Å²) in [5.41, 5.74) is 47.1. The van der Waals surface area contributed by atoms with E-state index in [2.05, 4.69) is 74.4 Å². The van der Waals surface area contributed by atoms with Crippen LogP contribution in [0.15, 0.2) is 30.0 Å². The Labute approximate surface area is 862 Å². The van der Waals surface area contributed by atoms with Gasteiger partial charge in [0, 0.05) is 137 Å². The quantitative estimate of drug-likeness (QED) is 0.0248. The van der Waals surface area contributed by atoms with Crippen LogP contribution in [0.25, 0.3) is 0 Å². The molecule has 10 amide bonds. The Balaban J connectivity index is 2.47. The van der Waals surface area contributed by atoms with Gasteiger partial charge in [0.15, 0.2) is 46.4 Å². The number of rotatable bonds is 89. The number of aliphatic hydroxyl groups excluding tert-OH is 3. The van der Waals surface area contributed by atoms with Crippen LogP contribution in [-0.2, 0) is 99.1 Å². The molecule has 0 fully saturated rings. The molecular weight excluding hydrogens is 1880 g/mol. The van der Waals surface area contributed by atoms with Crippen LogP contribution < -0.4 is 88.4 Å². The van der Waals surface area contributed by atoms with E-state index in [4.69, 9.17) is 45.9 Å². The molecule has 0 aromatic carbocycles. The first kappa shape index (κ1) is 132. The third kappa shape index (κ3) is 54.4. The van der Waals surface area contributed by atoms with Gasteiger partial charge in [0.1, 0.15) is 23.9 Å². The Hall–Kier alpha value is -10.5. The summed E-state index contributed by atoms with van der Waals surface area (Å²) in [6.45, 7) is 15.9. The number of primary amides is 2. The fourth-order valence-electron chi connectivity index (χ4n) is 17.8. The molecule has 0 saturated heterocycles. The zero-order chi connectivity index (χ0) is 109. The van der Waals surface area contributed by atoms with Crippen LogP contribution in [0, 0.1) is 65.1 Å². The molecule has 29 N–H and O–H groups in total. The second-order valence-electron chi connectivity index (χ2n) is 40.5. The van der Waals surface area contributed by atoms with Crippen molar-refractivity contribution < 1.29 is 102 Å². The van der Waals surface area contributed by atoms with Crippen molar-refractivity contribution in [2.24, 2.45) is 116 Å². The van der Waals surface area contributed by atoms with Crippen molar-refractivity contribution in [1.82, 2.24) is 62.5 Å². The lowest BCUT2D eigenvalue weighted by Crippen LogP contribution is -2.54. The SMILES string of the molecule is CCCCCCCCCCCCCCCC(=O)C[C@@H](Cc1cnc[nH]1)C(=O)N[C@@H](CO)C(=O)C[C@@H](CCCCN)C(=O)NCC(=O)C[C@@H](Cc1cnc[nH]1)C(=O)N[C@@H](CCC(N)=O)C(=O)C[C@@H](CCCCN)C(=O)N[C@@H](CCCN=C(N)N)C(=O)C[C@@H](CCCCN)C(=O)N[C@@H](C)C(=O)C[C@@H](CC(C)C)C(=O)N[C@@H](CCCCN)C(=O)C[C@H](C(=O)N[C@H](C(=O)C[C@H](C(=O)N[C@H](C(N)=O)[C@@H](C)CC)C(C)C)[C@@H](C)O)[C@@H](C)O. The predicted molar refractivity (Wildman–Crippen MR) is 555 cm³/mol. The Kier molecular flexibility index (Phi) is 67.8. The highest BCUT2D eigenvalue weighted by Crippen LogP contribution is 2.28. The second kappa shape index (κ2) is 75.2. The van der Waals surface area contributed by atoms with Gasteiger partial charge in [0.05, 0.1) is 79.9 Å². The lowest BCUT2D eigenvalue weighted by Gasteiger charge is -2.29. The topological polar surface area (TPSA) is 742 Å². The molecule has 0 aliphatic carbocycles. The predicted octanol–water partition coefficient (Wildman–Crippen LogP) is 4.35. The number of amides is 10. The van der Waals surface area contributed by atoms with E-state index in [-0.39, 0.29) is 140 Å². The first-order valence-corrected chi connectivity index (χ1v) is 53.4. The standard InChI is InChI=1S/C104H181N21O21/c1-11-13-14-15-16-17-18-19-20-21-22-23-24-37-78(129)50-74(48-76-58-113-62-117-76)101(144)123-85(61-126)89(134)52-70(34-25-29-42-105)96(139)116-60-79(130)51-75(49-77-59-114-63-118-77)100(143)122-84(40-41-92(109)137)88(133)54-72(36-27-31-44-107)98(141)120-83(39-33-46-115-104(111)112)87(132)53-71(35-26-30-43-106)97(140)119-67(8)86(131)55-73(47-64(3)4)99(142)121-82(38-28-32-45-108)90(135)57-81(68(9)127)103(146)125-94(69(10)128)91(136)56-80(65(5)6)102(145)124-93(95(110)138)66(7)12-2/h58-59,62-75,80-85,93-94,126-128H,11-57,60-61,105-108H2,1-10H3,(H2,109,137)(H2,110,138)(H,113,117)(H,114,118)(H,116,139)(H,119,140)(H,120,141)(H,121,142)(H,122,143)(H,123,144)(H,124,145)(H,125,146)(H4,111,112,115)/t66-,67-,68+,69+,70+,71+,72+,73+,74+,75+,80-,81-,82-,83-,84-,85-,93-,94-/m0/s1.